The fourth-order valence-electron chi connectivity index (χ4n) is 2.75. The van der Waals surface area contributed by atoms with Crippen LogP contribution in [0.1, 0.15) is 46.0 Å². The van der Waals surface area contributed by atoms with Gasteiger partial charge in [-0.3, -0.25) is 14.6 Å². The highest BCUT2D eigenvalue weighted by Crippen LogP contribution is 2.28. The van der Waals surface area contributed by atoms with Crippen LogP contribution < -0.4 is 0 Å². The van der Waals surface area contributed by atoms with Crippen molar-refractivity contribution in [2.24, 2.45) is 5.92 Å². The van der Waals surface area contributed by atoms with Gasteiger partial charge in [-0.15, -0.1) is 0 Å². The van der Waals surface area contributed by atoms with E-state index in [4.69, 9.17) is 4.84 Å². The molecule has 0 radical (unpaired) electrons. The van der Waals surface area contributed by atoms with Crippen molar-refractivity contribution in [1.29, 1.82) is 0 Å². The molecule has 1 atom stereocenters. The first-order valence-electron chi connectivity index (χ1n) is 7.60. The zero-order chi connectivity index (χ0) is 17.3. The molecule has 1 aromatic carbocycles. The number of aromatic nitrogens is 1. The zero-order valence-electron chi connectivity index (χ0n) is 13.3. The van der Waals surface area contributed by atoms with Crippen LogP contribution in [0.2, 0.25) is 0 Å². The molecular weight excluding hydrogens is 308 g/mol. The number of fused-ring (bicyclic) bond motifs is 1. The van der Waals surface area contributed by atoms with Crippen LogP contribution in [0.5, 0.6) is 0 Å². The Morgan fingerprint density at radius 1 is 1.04 bits per heavy atom. The molecule has 3 rings (SSSR count). The van der Waals surface area contributed by atoms with Crippen LogP contribution >= 0.6 is 0 Å². The molecule has 1 aliphatic heterocycles. The lowest BCUT2D eigenvalue weighted by Gasteiger charge is -2.21. The quantitative estimate of drug-likeness (QED) is 0.808. The second-order valence-electron chi connectivity index (χ2n) is 5.87. The number of rotatable bonds is 4. The lowest BCUT2D eigenvalue weighted by Crippen LogP contribution is -2.35. The van der Waals surface area contributed by atoms with Crippen molar-refractivity contribution in [1.82, 2.24) is 10.0 Å². The maximum Gasteiger partial charge on any atom is 0.340 e. The topological polar surface area (TPSA) is 76.6 Å². The third-order valence-electron chi connectivity index (χ3n) is 3.90. The molecule has 0 saturated heterocycles. The summed E-state index contributed by atoms with van der Waals surface area (Å²) in [7, 11) is 0. The Morgan fingerprint density at radius 2 is 1.67 bits per heavy atom. The van der Waals surface area contributed by atoms with Crippen molar-refractivity contribution >= 4 is 17.8 Å². The van der Waals surface area contributed by atoms with Crippen molar-refractivity contribution in [3.05, 3.63) is 65.5 Å². The van der Waals surface area contributed by atoms with Gasteiger partial charge in [-0.25, -0.2) is 4.79 Å². The number of carbonyl (C=O) groups is 3. The van der Waals surface area contributed by atoms with Gasteiger partial charge in [-0.05, 0) is 29.7 Å². The first kappa shape index (κ1) is 15.9. The smallest absolute Gasteiger partial charge is 0.329 e. The second kappa shape index (κ2) is 6.23. The summed E-state index contributed by atoms with van der Waals surface area (Å²) >= 11 is 0. The fraction of sp³-hybridized carbons (Fsp3) is 0.222. The normalized spacial score (nSPS) is 14.7. The SMILES string of the molecule is CC(C)C(C(=O)ON1C(=O)c2ccccc2C1=O)c1cccnc1. The summed E-state index contributed by atoms with van der Waals surface area (Å²) in [5, 5.41) is 0.540. The predicted octanol–water partition coefficient (Wildman–Crippen LogP) is 2.58. The van der Waals surface area contributed by atoms with Crippen molar-refractivity contribution in [3.8, 4) is 0 Å². The molecule has 0 spiro atoms. The standard InChI is InChI=1S/C18H16N2O4/c1-11(2)15(12-6-5-9-19-10-12)18(23)24-20-16(21)13-7-3-4-8-14(13)17(20)22/h3-11,15H,1-2H3. The Bertz CT molecular complexity index is 767. The van der Waals surface area contributed by atoms with E-state index in [1.165, 1.54) is 12.1 Å². The maximum absolute atomic E-state index is 12.6. The molecule has 0 fully saturated rings. The van der Waals surface area contributed by atoms with E-state index in [9.17, 15) is 14.4 Å². The molecule has 6 heteroatoms. The fourth-order valence-corrected chi connectivity index (χ4v) is 2.75. The van der Waals surface area contributed by atoms with E-state index in [0.29, 0.717) is 10.6 Å². The number of amides is 2. The number of nitrogens with zero attached hydrogens (tertiary/aromatic N) is 2. The van der Waals surface area contributed by atoms with Crippen LogP contribution in [0.15, 0.2) is 48.8 Å². The number of pyridine rings is 1. The summed E-state index contributed by atoms with van der Waals surface area (Å²) in [5.41, 5.74) is 1.14. The van der Waals surface area contributed by atoms with E-state index < -0.39 is 23.7 Å². The second-order valence-corrected chi connectivity index (χ2v) is 5.87. The average Bonchev–Trinajstić information content (AvgIpc) is 2.81. The van der Waals surface area contributed by atoms with Crippen molar-refractivity contribution in [3.63, 3.8) is 0 Å². The molecule has 0 bridgehead atoms. The molecule has 2 heterocycles. The van der Waals surface area contributed by atoms with Gasteiger partial charge < -0.3 is 4.84 Å². The Morgan fingerprint density at radius 3 is 2.17 bits per heavy atom. The predicted molar refractivity (Wildman–Crippen MR) is 84.9 cm³/mol. The van der Waals surface area contributed by atoms with Gasteiger partial charge in [0.05, 0.1) is 17.0 Å². The number of hydrogen-bond acceptors (Lipinski definition) is 5. The van der Waals surface area contributed by atoms with E-state index in [1.54, 1.807) is 36.7 Å². The number of hydrogen-bond donors (Lipinski definition) is 0. The largest absolute Gasteiger partial charge is 0.340 e. The van der Waals surface area contributed by atoms with E-state index in [1.807, 2.05) is 13.8 Å². The highest BCUT2D eigenvalue weighted by atomic mass is 16.7. The van der Waals surface area contributed by atoms with Crippen molar-refractivity contribution in [2.45, 2.75) is 19.8 Å². The molecule has 0 saturated carbocycles. The molecule has 0 aliphatic carbocycles. The van der Waals surface area contributed by atoms with Gasteiger partial charge in [0.15, 0.2) is 0 Å². The van der Waals surface area contributed by atoms with E-state index >= 15 is 0 Å². The number of carbonyl (C=O) groups excluding carboxylic acids is 3. The van der Waals surface area contributed by atoms with E-state index in [2.05, 4.69) is 4.98 Å². The summed E-state index contributed by atoms with van der Waals surface area (Å²) in [4.78, 5) is 46.3. The van der Waals surface area contributed by atoms with Crippen LogP contribution in [0.25, 0.3) is 0 Å². The van der Waals surface area contributed by atoms with Gasteiger partial charge in [0, 0.05) is 12.4 Å². The van der Waals surface area contributed by atoms with Crippen LogP contribution in [0.3, 0.4) is 0 Å². The Labute approximate surface area is 139 Å². The van der Waals surface area contributed by atoms with E-state index in [0.717, 1.165) is 0 Å². The van der Waals surface area contributed by atoms with Crippen LogP contribution in [-0.4, -0.2) is 27.8 Å². The molecule has 24 heavy (non-hydrogen) atoms. The first-order chi connectivity index (χ1) is 11.5. The molecule has 0 N–H and O–H groups in total. The van der Waals surface area contributed by atoms with Gasteiger partial charge in [0.2, 0.25) is 0 Å². The lowest BCUT2D eigenvalue weighted by atomic mass is 9.90. The van der Waals surface area contributed by atoms with Gasteiger partial charge in [-0.1, -0.05) is 37.1 Å². The molecule has 1 unspecified atom stereocenters. The molecule has 1 aliphatic rings. The highest BCUT2D eigenvalue weighted by Gasteiger charge is 2.40. The highest BCUT2D eigenvalue weighted by molar-refractivity contribution is 6.20. The zero-order valence-corrected chi connectivity index (χ0v) is 13.3. The third kappa shape index (κ3) is 2.67. The van der Waals surface area contributed by atoms with Crippen LogP contribution in [0.4, 0.5) is 0 Å². The summed E-state index contributed by atoms with van der Waals surface area (Å²) in [6.07, 6.45) is 3.19. The average molecular weight is 324 g/mol. The minimum Gasteiger partial charge on any atom is -0.329 e. The maximum atomic E-state index is 12.6. The molecule has 2 aromatic rings. The van der Waals surface area contributed by atoms with E-state index in [-0.39, 0.29) is 17.0 Å². The van der Waals surface area contributed by atoms with Gasteiger partial charge >= 0.3 is 5.97 Å². The minimum atomic E-state index is -0.660. The van der Waals surface area contributed by atoms with Gasteiger partial charge in [-0.2, -0.15) is 0 Å². The number of imide groups is 1. The minimum absolute atomic E-state index is 0.0862. The van der Waals surface area contributed by atoms with Gasteiger partial charge in [0.1, 0.15) is 0 Å². The lowest BCUT2D eigenvalue weighted by molar-refractivity contribution is -0.171. The third-order valence-corrected chi connectivity index (χ3v) is 3.90. The Balaban J connectivity index is 1.84. The van der Waals surface area contributed by atoms with Crippen molar-refractivity contribution in [2.75, 3.05) is 0 Å². The molecule has 6 nitrogen and oxygen atoms in total. The molecule has 2 amide bonds. The summed E-state index contributed by atoms with van der Waals surface area (Å²) in [6.45, 7) is 3.72. The number of hydroxylamine groups is 2. The Kier molecular flexibility index (Phi) is 4.12. The monoisotopic (exact) mass is 324 g/mol. The van der Waals surface area contributed by atoms with Crippen LogP contribution in [0, 0.1) is 5.92 Å². The van der Waals surface area contributed by atoms with Crippen molar-refractivity contribution < 1.29 is 19.2 Å². The first-order valence-corrected chi connectivity index (χ1v) is 7.60. The van der Waals surface area contributed by atoms with Crippen LogP contribution in [-0.2, 0) is 9.63 Å². The molecule has 1 aromatic heterocycles. The summed E-state index contributed by atoms with van der Waals surface area (Å²) < 4.78 is 0. The molecule has 122 valence electrons. The molecular formula is C18H16N2O4. The number of benzene rings is 1. The Hall–Kier alpha value is -3.02. The summed E-state index contributed by atoms with van der Waals surface area (Å²) in [5.74, 6) is -2.62. The summed E-state index contributed by atoms with van der Waals surface area (Å²) in [6, 6.07) is 9.86. The van der Waals surface area contributed by atoms with Gasteiger partial charge in [0.25, 0.3) is 11.8 Å².